The number of Topliss-reactive ketones (excluding diaryl/α,β-unsaturated/α-hetero) is 1. The highest BCUT2D eigenvalue weighted by atomic mass is 16.5. The summed E-state index contributed by atoms with van der Waals surface area (Å²) in [7, 11) is 1.71. The van der Waals surface area contributed by atoms with E-state index < -0.39 is 5.41 Å². The molecule has 168 valence electrons. The number of aryl methyl sites for hydroxylation is 1. The molecule has 32 heavy (non-hydrogen) atoms. The SMILES string of the molecule is COc1cccc2c1CCCC2CC(=O)C(C)(C)COc1cccc2nc(C)cc(N)c12. The summed E-state index contributed by atoms with van der Waals surface area (Å²) < 4.78 is 11.7. The molecule has 1 heterocycles. The number of rotatable bonds is 7. The van der Waals surface area contributed by atoms with Crippen LogP contribution in [0.25, 0.3) is 10.9 Å². The van der Waals surface area contributed by atoms with Crippen LogP contribution in [0.4, 0.5) is 5.69 Å². The second kappa shape index (κ2) is 8.81. The molecule has 1 atom stereocenters. The van der Waals surface area contributed by atoms with E-state index in [9.17, 15) is 4.79 Å². The Bertz CT molecular complexity index is 1150. The van der Waals surface area contributed by atoms with E-state index in [1.165, 1.54) is 11.1 Å². The first-order chi connectivity index (χ1) is 15.3. The van der Waals surface area contributed by atoms with Gasteiger partial charge in [0, 0.05) is 17.8 Å². The van der Waals surface area contributed by atoms with Crippen molar-refractivity contribution in [2.24, 2.45) is 5.41 Å². The highest BCUT2D eigenvalue weighted by molar-refractivity contribution is 5.95. The molecule has 0 radical (unpaired) electrons. The molecule has 1 aliphatic carbocycles. The molecule has 0 bridgehead atoms. The van der Waals surface area contributed by atoms with Crippen molar-refractivity contribution in [3.63, 3.8) is 0 Å². The number of anilines is 1. The second-order valence-corrected chi connectivity index (χ2v) is 9.42. The van der Waals surface area contributed by atoms with Crippen molar-refractivity contribution in [2.75, 3.05) is 19.5 Å². The normalized spacial score (nSPS) is 15.9. The molecular weight excluding hydrogens is 400 g/mol. The Kier molecular flexibility index (Phi) is 6.09. The fraction of sp³-hybridized carbons (Fsp3) is 0.407. The second-order valence-electron chi connectivity index (χ2n) is 9.42. The van der Waals surface area contributed by atoms with E-state index in [1.807, 2.05) is 57.2 Å². The molecule has 1 aliphatic rings. The minimum absolute atomic E-state index is 0.209. The fourth-order valence-electron chi connectivity index (χ4n) is 4.70. The van der Waals surface area contributed by atoms with Crippen molar-refractivity contribution in [2.45, 2.75) is 52.4 Å². The average molecular weight is 433 g/mol. The van der Waals surface area contributed by atoms with Crippen LogP contribution in [0.1, 0.15) is 55.8 Å². The van der Waals surface area contributed by atoms with Gasteiger partial charge in [0.2, 0.25) is 0 Å². The van der Waals surface area contributed by atoms with Crippen molar-refractivity contribution < 1.29 is 14.3 Å². The lowest BCUT2D eigenvalue weighted by molar-refractivity contribution is -0.129. The third kappa shape index (κ3) is 4.29. The van der Waals surface area contributed by atoms with Crippen LogP contribution in [0, 0.1) is 12.3 Å². The molecule has 0 fully saturated rings. The average Bonchev–Trinajstić information content (AvgIpc) is 2.77. The standard InChI is InChI=1S/C27H32N2O3/c1-17-14-21(28)26-22(29-17)11-7-13-24(26)32-16-27(2,3)25(30)15-18-8-5-10-20-19(18)9-6-12-23(20)31-4/h6-7,9,11-14,18H,5,8,10,15-16H2,1-4H3,(H2,28,29). The maximum atomic E-state index is 13.3. The van der Waals surface area contributed by atoms with Crippen LogP contribution < -0.4 is 15.2 Å². The van der Waals surface area contributed by atoms with E-state index >= 15 is 0 Å². The van der Waals surface area contributed by atoms with Crippen LogP contribution in [0.3, 0.4) is 0 Å². The molecule has 1 unspecified atom stereocenters. The van der Waals surface area contributed by atoms with Gasteiger partial charge in [-0.25, -0.2) is 0 Å². The molecule has 1 aromatic heterocycles. The Hall–Kier alpha value is -3.08. The van der Waals surface area contributed by atoms with Gasteiger partial charge in [0.05, 0.1) is 23.4 Å². The van der Waals surface area contributed by atoms with Crippen LogP contribution in [0.2, 0.25) is 0 Å². The molecular formula is C27H32N2O3. The number of methoxy groups -OCH3 is 1. The van der Waals surface area contributed by atoms with Crippen LogP contribution >= 0.6 is 0 Å². The maximum absolute atomic E-state index is 13.3. The molecule has 5 heteroatoms. The summed E-state index contributed by atoms with van der Waals surface area (Å²) in [5.41, 5.74) is 10.4. The van der Waals surface area contributed by atoms with Crippen LogP contribution in [0.5, 0.6) is 11.5 Å². The summed E-state index contributed by atoms with van der Waals surface area (Å²) in [5, 5.41) is 0.801. The first kappa shape index (κ1) is 22.1. The molecule has 5 nitrogen and oxygen atoms in total. The van der Waals surface area contributed by atoms with Crippen LogP contribution in [0.15, 0.2) is 42.5 Å². The first-order valence-electron chi connectivity index (χ1n) is 11.3. The lowest BCUT2D eigenvalue weighted by Gasteiger charge is -2.30. The van der Waals surface area contributed by atoms with E-state index in [2.05, 4.69) is 11.1 Å². The molecule has 4 rings (SSSR count). The van der Waals surface area contributed by atoms with Crippen molar-refractivity contribution >= 4 is 22.4 Å². The number of aromatic nitrogens is 1. The van der Waals surface area contributed by atoms with Crippen LogP contribution in [-0.2, 0) is 11.2 Å². The first-order valence-corrected chi connectivity index (χ1v) is 11.3. The van der Waals surface area contributed by atoms with Gasteiger partial charge in [-0.05, 0) is 81.3 Å². The molecule has 2 N–H and O–H groups in total. The number of nitrogens with two attached hydrogens (primary N) is 1. The number of nitrogens with zero attached hydrogens (tertiary/aromatic N) is 1. The van der Waals surface area contributed by atoms with Crippen molar-refractivity contribution in [1.82, 2.24) is 4.98 Å². The molecule has 0 spiro atoms. The molecule has 0 amide bonds. The Morgan fingerprint density at radius 3 is 2.72 bits per heavy atom. The fourth-order valence-corrected chi connectivity index (χ4v) is 4.70. The van der Waals surface area contributed by atoms with Gasteiger partial charge in [0.1, 0.15) is 23.9 Å². The lowest BCUT2D eigenvalue weighted by Crippen LogP contribution is -2.32. The number of carbonyl (C=O) groups excluding carboxylic acids is 1. The van der Waals surface area contributed by atoms with E-state index in [-0.39, 0.29) is 18.3 Å². The van der Waals surface area contributed by atoms with E-state index in [0.29, 0.717) is 17.9 Å². The zero-order chi connectivity index (χ0) is 22.9. The summed E-state index contributed by atoms with van der Waals surface area (Å²) in [6.07, 6.45) is 3.61. The molecule has 0 saturated carbocycles. The largest absolute Gasteiger partial charge is 0.496 e. The van der Waals surface area contributed by atoms with Gasteiger partial charge in [0.25, 0.3) is 0 Å². The quantitative estimate of drug-likeness (QED) is 0.525. The van der Waals surface area contributed by atoms with Crippen LogP contribution in [-0.4, -0.2) is 24.5 Å². The minimum atomic E-state index is -0.620. The predicted molar refractivity (Wildman–Crippen MR) is 128 cm³/mol. The van der Waals surface area contributed by atoms with E-state index in [1.54, 1.807) is 7.11 Å². The number of hydrogen-bond acceptors (Lipinski definition) is 5. The monoisotopic (exact) mass is 432 g/mol. The molecule has 0 aliphatic heterocycles. The van der Waals surface area contributed by atoms with Gasteiger partial charge in [0.15, 0.2) is 0 Å². The van der Waals surface area contributed by atoms with Gasteiger partial charge >= 0.3 is 0 Å². The van der Waals surface area contributed by atoms with Gasteiger partial charge in [-0.3, -0.25) is 9.78 Å². The Morgan fingerprint density at radius 1 is 1.19 bits per heavy atom. The van der Waals surface area contributed by atoms with Crippen molar-refractivity contribution in [3.05, 3.63) is 59.3 Å². The zero-order valence-corrected chi connectivity index (χ0v) is 19.4. The predicted octanol–water partition coefficient (Wildman–Crippen LogP) is 5.62. The Balaban J connectivity index is 1.50. The van der Waals surface area contributed by atoms with Gasteiger partial charge in [-0.15, -0.1) is 0 Å². The molecule has 3 aromatic rings. The van der Waals surface area contributed by atoms with Crippen molar-refractivity contribution in [1.29, 1.82) is 0 Å². The van der Waals surface area contributed by atoms with Gasteiger partial charge < -0.3 is 15.2 Å². The maximum Gasteiger partial charge on any atom is 0.142 e. The third-order valence-corrected chi connectivity index (χ3v) is 6.54. The number of pyridine rings is 1. The summed E-state index contributed by atoms with van der Waals surface area (Å²) in [6.45, 7) is 6.13. The number of ketones is 1. The highest BCUT2D eigenvalue weighted by Gasteiger charge is 2.33. The number of benzene rings is 2. The Labute approximate surface area is 189 Å². The smallest absolute Gasteiger partial charge is 0.142 e. The van der Waals surface area contributed by atoms with E-state index in [4.69, 9.17) is 15.2 Å². The van der Waals surface area contributed by atoms with E-state index in [0.717, 1.165) is 41.6 Å². The van der Waals surface area contributed by atoms with Gasteiger partial charge in [-0.2, -0.15) is 0 Å². The summed E-state index contributed by atoms with van der Waals surface area (Å²) in [6, 6.07) is 13.7. The number of carbonyl (C=O) groups is 1. The number of ether oxygens (including phenoxy) is 2. The van der Waals surface area contributed by atoms with Gasteiger partial charge in [-0.1, -0.05) is 18.2 Å². The molecule has 0 saturated heterocycles. The summed E-state index contributed by atoms with van der Waals surface area (Å²) in [4.78, 5) is 17.9. The number of hydrogen-bond donors (Lipinski definition) is 1. The zero-order valence-electron chi connectivity index (χ0n) is 19.4. The summed E-state index contributed by atoms with van der Waals surface area (Å²) >= 11 is 0. The minimum Gasteiger partial charge on any atom is -0.496 e. The topological polar surface area (TPSA) is 74.4 Å². The number of fused-ring (bicyclic) bond motifs is 2. The summed E-state index contributed by atoms with van der Waals surface area (Å²) in [5.74, 6) is 2.03. The molecule has 2 aromatic carbocycles. The lowest BCUT2D eigenvalue weighted by atomic mass is 9.76. The Morgan fingerprint density at radius 2 is 1.94 bits per heavy atom. The highest BCUT2D eigenvalue weighted by Crippen LogP contribution is 2.40. The number of nitrogen functional groups attached to an aromatic ring is 1. The third-order valence-electron chi connectivity index (χ3n) is 6.54. The van der Waals surface area contributed by atoms with Crippen molar-refractivity contribution in [3.8, 4) is 11.5 Å².